The molecule has 0 radical (unpaired) electrons. The summed E-state index contributed by atoms with van der Waals surface area (Å²) in [6.07, 6.45) is 1.55. The van der Waals surface area contributed by atoms with Crippen LogP contribution in [0.5, 0.6) is 0 Å². The quantitative estimate of drug-likeness (QED) is 0.410. The molecule has 6 nitrogen and oxygen atoms in total. The molecule has 1 amide bonds. The highest BCUT2D eigenvalue weighted by molar-refractivity contribution is 6.08. The van der Waals surface area contributed by atoms with E-state index in [-0.39, 0.29) is 16.8 Å². The van der Waals surface area contributed by atoms with Crippen molar-refractivity contribution >= 4 is 22.6 Å². The molecule has 0 unspecified atom stereocenters. The number of nitrogens with one attached hydrogen (secondary N) is 1. The van der Waals surface area contributed by atoms with Gasteiger partial charge in [0.25, 0.3) is 5.91 Å². The van der Waals surface area contributed by atoms with Crippen molar-refractivity contribution in [2.75, 3.05) is 5.32 Å². The van der Waals surface area contributed by atoms with Gasteiger partial charge < -0.3 is 9.73 Å². The van der Waals surface area contributed by atoms with Crippen LogP contribution in [-0.2, 0) is 0 Å². The summed E-state index contributed by atoms with van der Waals surface area (Å²) in [6.45, 7) is 0. The molecule has 156 valence electrons. The fourth-order valence-electron chi connectivity index (χ4n) is 3.41. The molecular formula is C25H16FN3O3. The van der Waals surface area contributed by atoms with Crippen LogP contribution >= 0.6 is 0 Å². The molecule has 0 bridgehead atoms. The molecule has 3 aromatic carbocycles. The van der Waals surface area contributed by atoms with Gasteiger partial charge >= 0.3 is 5.63 Å². The normalized spacial score (nSPS) is 10.9. The van der Waals surface area contributed by atoms with E-state index in [4.69, 9.17) is 4.42 Å². The van der Waals surface area contributed by atoms with Gasteiger partial charge in [-0.2, -0.15) is 5.10 Å². The number of nitrogens with zero attached hydrogens (tertiary/aromatic N) is 2. The highest BCUT2D eigenvalue weighted by atomic mass is 19.1. The predicted molar refractivity (Wildman–Crippen MR) is 119 cm³/mol. The molecule has 1 N–H and O–H groups in total. The van der Waals surface area contributed by atoms with Gasteiger partial charge in [0.1, 0.15) is 17.1 Å². The van der Waals surface area contributed by atoms with Crippen LogP contribution < -0.4 is 10.9 Å². The van der Waals surface area contributed by atoms with E-state index in [1.807, 2.05) is 42.5 Å². The van der Waals surface area contributed by atoms with Crippen LogP contribution in [-0.4, -0.2) is 15.7 Å². The van der Waals surface area contributed by atoms with Gasteiger partial charge in [0, 0.05) is 17.3 Å². The summed E-state index contributed by atoms with van der Waals surface area (Å²) >= 11 is 0. The summed E-state index contributed by atoms with van der Waals surface area (Å²) in [4.78, 5) is 25.9. The van der Waals surface area contributed by atoms with E-state index in [2.05, 4.69) is 10.4 Å². The Hall–Kier alpha value is -4.52. The number of carbonyl (C=O) groups excluding carboxylic acids is 1. The van der Waals surface area contributed by atoms with Crippen molar-refractivity contribution in [3.05, 3.63) is 113 Å². The van der Waals surface area contributed by atoms with Crippen molar-refractivity contribution in [1.82, 2.24) is 9.78 Å². The van der Waals surface area contributed by atoms with E-state index in [1.165, 1.54) is 28.9 Å². The van der Waals surface area contributed by atoms with Gasteiger partial charge in [-0.15, -0.1) is 0 Å². The summed E-state index contributed by atoms with van der Waals surface area (Å²) in [5.41, 5.74) is 1.52. The smallest absolute Gasteiger partial charge is 0.345 e. The van der Waals surface area contributed by atoms with Gasteiger partial charge in [-0.05, 0) is 48.5 Å². The molecule has 7 heteroatoms. The molecule has 32 heavy (non-hydrogen) atoms. The summed E-state index contributed by atoms with van der Waals surface area (Å²) in [7, 11) is 0. The number of carbonyl (C=O) groups is 1. The summed E-state index contributed by atoms with van der Waals surface area (Å²) in [5.74, 6) is -0.893. The number of hydrogen-bond acceptors (Lipinski definition) is 4. The Morgan fingerprint density at radius 2 is 1.66 bits per heavy atom. The Labute approximate surface area is 181 Å². The van der Waals surface area contributed by atoms with Crippen LogP contribution in [0.4, 0.5) is 10.1 Å². The number of aromatic nitrogens is 2. The van der Waals surface area contributed by atoms with Crippen molar-refractivity contribution in [3.8, 4) is 16.9 Å². The maximum Gasteiger partial charge on any atom is 0.345 e. The van der Waals surface area contributed by atoms with Crippen LogP contribution in [0.3, 0.4) is 0 Å². The van der Waals surface area contributed by atoms with Crippen molar-refractivity contribution in [1.29, 1.82) is 0 Å². The van der Waals surface area contributed by atoms with Crippen LogP contribution in [0.25, 0.3) is 27.9 Å². The molecule has 0 aliphatic heterocycles. The highest BCUT2D eigenvalue weighted by Crippen LogP contribution is 2.25. The lowest BCUT2D eigenvalue weighted by atomic mass is 10.1. The lowest BCUT2D eigenvalue weighted by Gasteiger charge is -2.05. The first-order valence-corrected chi connectivity index (χ1v) is 9.84. The topological polar surface area (TPSA) is 77.1 Å². The van der Waals surface area contributed by atoms with Gasteiger partial charge in [-0.1, -0.05) is 36.4 Å². The second-order valence-corrected chi connectivity index (χ2v) is 7.12. The van der Waals surface area contributed by atoms with Gasteiger partial charge in [0.15, 0.2) is 0 Å². The van der Waals surface area contributed by atoms with Crippen molar-refractivity contribution in [3.63, 3.8) is 0 Å². The summed E-state index contributed by atoms with van der Waals surface area (Å²) in [5, 5.41) is 7.97. The molecule has 0 saturated carbocycles. The molecule has 2 heterocycles. The first kappa shape index (κ1) is 19.4. The van der Waals surface area contributed by atoms with Crippen LogP contribution in [0.1, 0.15) is 10.4 Å². The molecule has 0 aliphatic carbocycles. The number of fused-ring (bicyclic) bond motifs is 1. The Kier molecular flexibility index (Phi) is 4.84. The molecule has 5 rings (SSSR count). The van der Waals surface area contributed by atoms with Gasteiger partial charge in [0.05, 0.1) is 16.8 Å². The predicted octanol–water partition coefficient (Wildman–Crippen LogP) is 5.04. The van der Waals surface area contributed by atoms with E-state index in [0.717, 1.165) is 5.69 Å². The minimum Gasteiger partial charge on any atom is -0.422 e. The molecule has 0 spiro atoms. The number of halogens is 1. The van der Waals surface area contributed by atoms with E-state index >= 15 is 0 Å². The molecule has 5 aromatic rings. The maximum absolute atomic E-state index is 13.2. The van der Waals surface area contributed by atoms with Crippen molar-refractivity contribution in [2.24, 2.45) is 0 Å². The SMILES string of the molecule is O=C(Nc1ccc(F)cc1)c1cn(-c2ccccc2)nc1-c1cc2ccccc2oc1=O. The van der Waals surface area contributed by atoms with E-state index in [9.17, 15) is 14.0 Å². The average Bonchev–Trinajstić information content (AvgIpc) is 3.26. The lowest BCUT2D eigenvalue weighted by Crippen LogP contribution is -2.14. The highest BCUT2D eigenvalue weighted by Gasteiger charge is 2.22. The van der Waals surface area contributed by atoms with Gasteiger partial charge in [-0.3, -0.25) is 4.79 Å². The van der Waals surface area contributed by atoms with E-state index in [0.29, 0.717) is 16.7 Å². The van der Waals surface area contributed by atoms with Crippen molar-refractivity contribution in [2.45, 2.75) is 0 Å². The summed E-state index contributed by atoms with van der Waals surface area (Å²) in [6, 6.07) is 23.4. The summed E-state index contributed by atoms with van der Waals surface area (Å²) < 4.78 is 20.2. The largest absolute Gasteiger partial charge is 0.422 e. The second-order valence-electron chi connectivity index (χ2n) is 7.12. The van der Waals surface area contributed by atoms with Gasteiger partial charge in [0.2, 0.25) is 0 Å². The van der Waals surface area contributed by atoms with Gasteiger partial charge in [-0.25, -0.2) is 13.9 Å². The van der Waals surface area contributed by atoms with Crippen LogP contribution in [0.15, 0.2) is 100 Å². The Bertz CT molecular complexity index is 1490. The zero-order valence-electron chi connectivity index (χ0n) is 16.7. The number of benzene rings is 3. The third-order valence-electron chi connectivity index (χ3n) is 4.98. The fourth-order valence-corrected chi connectivity index (χ4v) is 3.41. The lowest BCUT2D eigenvalue weighted by molar-refractivity contribution is 0.102. The Morgan fingerprint density at radius 1 is 0.938 bits per heavy atom. The monoisotopic (exact) mass is 425 g/mol. The molecule has 0 aliphatic rings. The minimum absolute atomic E-state index is 0.169. The van der Waals surface area contributed by atoms with E-state index < -0.39 is 17.3 Å². The van der Waals surface area contributed by atoms with Crippen molar-refractivity contribution < 1.29 is 13.6 Å². The van der Waals surface area contributed by atoms with E-state index in [1.54, 1.807) is 24.4 Å². The molecule has 0 saturated heterocycles. The molecule has 0 fully saturated rings. The van der Waals surface area contributed by atoms with Crippen LogP contribution in [0.2, 0.25) is 0 Å². The third-order valence-corrected chi connectivity index (χ3v) is 4.98. The fraction of sp³-hybridized carbons (Fsp3) is 0. The van der Waals surface area contributed by atoms with Crippen LogP contribution in [0, 0.1) is 5.82 Å². The Balaban J connectivity index is 1.65. The first-order valence-electron chi connectivity index (χ1n) is 9.84. The first-order chi connectivity index (χ1) is 15.6. The number of amides is 1. The average molecular weight is 425 g/mol. The standard InChI is InChI=1S/C25H16FN3O3/c26-17-10-12-18(13-11-17)27-24(30)21-15-29(19-7-2-1-3-8-19)28-23(21)20-14-16-6-4-5-9-22(16)32-25(20)31/h1-15H,(H,27,30). The zero-order chi connectivity index (χ0) is 22.1. The maximum atomic E-state index is 13.2. The third kappa shape index (κ3) is 3.67. The Morgan fingerprint density at radius 3 is 2.44 bits per heavy atom. The number of hydrogen-bond donors (Lipinski definition) is 1. The molecule has 2 aromatic heterocycles. The number of para-hydroxylation sites is 2. The number of rotatable bonds is 4. The molecular weight excluding hydrogens is 409 g/mol. The minimum atomic E-state index is -0.599. The number of anilines is 1. The molecule has 0 atom stereocenters. The zero-order valence-corrected chi connectivity index (χ0v) is 16.7. The second kappa shape index (κ2) is 7.96.